The number of hydrogen-bond acceptors (Lipinski definition) is 8. The molecule has 2 N–H and O–H groups in total. The second-order valence-corrected chi connectivity index (χ2v) is 9.35. The van der Waals surface area contributed by atoms with Crippen molar-refractivity contribution >= 4 is 17.6 Å². The molecule has 32 heavy (non-hydrogen) atoms. The van der Waals surface area contributed by atoms with Gasteiger partial charge in [0.2, 0.25) is 5.60 Å². The van der Waals surface area contributed by atoms with Crippen LogP contribution in [0.25, 0.3) is 0 Å². The molecule has 3 aliphatic heterocycles. The van der Waals surface area contributed by atoms with Gasteiger partial charge in [0.1, 0.15) is 5.75 Å². The van der Waals surface area contributed by atoms with Gasteiger partial charge in [0.15, 0.2) is 6.10 Å². The van der Waals surface area contributed by atoms with Crippen LogP contribution in [0, 0.1) is 5.41 Å². The summed E-state index contributed by atoms with van der Waals surface area (Å²) < 4.78 is 16.4. The van der Waals surface area contributed by atoms with Crippen LogP contribution in [0.2, 0.25) is 0 Å². The SMILES string of the molecule is CC[C@]12C=CCN3CC[C@]4(c5ccc(OC)cc5N[C@@H]4[C@](O)(C(=O)OC)[C@H]1OC(C)=O)[C@@H]32. The fourth-order valence-corrected chi connectivity index (χ4v) is 7.18. The molecule has 0 amide bonds. The number of hydrogen-bond donors (Lipinski definition) is 2. The number of anilines is 1. The molecule has 0 unspecified atom stereocenters. The average molecular weight is 443 g/mol. The van der Waals surface area contributed by atoms with Gasteiger partial charge in [-0.2, -0.15) is 0 Å². The minimum Gasteiger partial charge on any atom is -0.497 e. The summed E-state index contributed by atoms with van der Waals surface area (Å²) in [6.07, 6.45) is 4.35. The van der Waals surface area contributed by atoms with E-state index in [2.05, 4.69) is 22.4 Å². The van der Waals surface area contributed by atoms with Gasteiger partial charge in [-0.15, -0.1) is 0 Å². The topological polar surface area (TPSA) is 97.3 Å². The van der Waals surface area contributed by atoms with Crippen molar-refractivity contribution in [1.82, 2.24) is 4.90 Å². The predicted octanol–water partition coefficient (Wildman–Crippen LogP) is 1.62. The van der Waals surface area contributed by atoms with Crippen molar-refractivity contribution < 1.29 is 28.9 Å². The van der Waals surface area contributed by atoms with Gasteiger partial charge in [-0.25, -0.2) is 4.79 Å². The minimum atomic E-state index is -2.09. The van der Waals surface area contributed by atoms with Crippen molar-refractivity contribution in [3.05, 3.63) is 35.9 Å². The van der Waals surface area contributed by atoms with Crippen molar-refractivity contribution in [2.24, 2.45) is 5.41 Å². The number of nitrogens with zero attached hydrogens (tertiary/aromatic N) is 1. The second-order valence-electron chi connectivity index (χ2n) is 9.35. The van der Waals surface area contributed by atoms with Crippen LogP contribution in [0.4, 0.5) is 5.69 Å². The van der Waals surface area contributed by atoms with Gasteiger partial charge in [-0.1, -0.05) is 25.1 Å². The Morgan fingerprint density at radius 2 is 2.09 bits per heavy atom. The first kappa shape index (κ1) is 21.3. The second kappa shape index (κ2) is 6.96. The number of methoxy groups -OCH3 is 2. The lowest BCUT2D eigenvalue weighted by Gasteiger charge is -2.62. The van der Waals surface area contributed by atoms with Crippen LogP contribution in [0.15, 0.2) is 30.4 Å². The lowest BCUT2D eigenvalue weighted by atomic mass is 9.48. The first-order valence-electron chi connectivity index (χ1n) is 11.1. The molecule has 0 aromatic heterocycles. The molecular weight excluding hydrogens is 412 g/mol. The summed E-state index contributed by atoms with van der Waals surface area (Å²) >= 11 is 0. The Kier molecular flexibility index (Phi) is 4.63. The van der Waals surface area contributed by atoms with E-state index in [0.29, 0.717) is 12.2 Å². The van der Waals surface area contributed by atoms with Gasteiger partial charge in [-0.3, -0.25) is 9.69 Å². The smallest absolute Gasteiger partial charge is 0.344 e. The highest BCUT2D eigenvalue weighted by atomic mass is 16.6. The Labute approximate surface area is 187 Å². The predicted molar refractivity (Wildman–Crippen MR) is 116 cm³/mol. The summed E-state index contributed by atoms with van der Waals surface area (Å²) in [6, 6.07) is 5.06. The summed E-state index contributed by atoms with van der Waals surface area (Å²) in [5.41, 5.74) is -1.55. The molecule has 2 fully saturated rings. The number of fused-ring (bicyclic) bond motifs is 1. The summed E-state index contributed by atoms with van der Waals surface area (Å²) in [7, 11) is 2.86. The molecule has 8 heteroatoms. The number of carbonyl (C=O) groups excluding carboxylic acids is 2. The van der Waals surface area contributed by atoms with Gasteiger partial charge in [0.05, 0.1) is 20.3 Å². The molecule has 172 valence electrons. The molecule has 6 atom stereocenters. The lowest BCUT2D eigenvalue weighted by molar-refractivity contribution is -0.226. The lowest BCUT2D eigenvalue weighted by Crippen LogP contribution is -2.80. The Morgan fingerprint density at radius 1 is 1.31 bits per heavy atom. The van der Waals surface area contributed by atoms with Crippen LogP contribution < -0.4 is 10.1 Å². The third kappa shape index (κ3) is 2.34. The normalized spacial score (nSPS) is 38.8. The van der Waals surface area contributed by atoms with Gasteiger partial charge in [-0.05, 0) is 31.0 Å². The Morgan fingerprint density at radius 3 is 2.75 bits per heavy atom. The maximum atomic E-state index is 13.3. The van der Waals surface area contributed by atoms with Crippen LogP contribution >= 0.6 is 0 Å². The van der Waals surface area contributed by atoms with E-state index in [-0.39, 0.29) is 6.04 Å². The minimum absolute atomic E-state index is 0.0635. The fourth-order valence-electron chi connectivity index (χ4n) is 7.18. The molecule has 3 heterocycles. The number of rotatable bonds is 4. The summed E-state index contributed by atoms with van der Waals surface area (Å²) in [4.78, 5) is 28.0. The van der Waals surface area contributed by atoms with Gasteiger partial charge in [0, 0.05) is 42.1 Å². The molecule has 5 rings (SSSR count). The third-order valence-corrected chi connectivity index (χ3v) is 8.22. The molecule has 1 spiro atoms. The third-order valence-electron chi connectivity index (χ3n) is 8.22. The molecule has 1 aliphatic carbocycles. The number of benzene rings is 1. The standard InChI is InChI=1S/C24H30N2O6/c1-5-22-9-6-11-26-12-10-23(19(22)26)16-8-7-15(30-3)13-17(16)25-18(23)24(29,21(28)31-4)20(22)32-14(2)27/h6-9,13,18-20,25,29H,5,10-12H2,1-4H3/t18-,19-,20-,22+,23+,24+/m0/s1. The molecule has 1 aromatic carbocycles. The van der Waals surface area contributed by atoms with E-state index in [1.807, 2.05) is 25.1 Å². The Bertz CT molecular complexity index is 1010. The highest BCUT2D eigenvalue weighted by molar-refractivity contribution is 5.86. The number of esters is 2. The first-order valence-corrected chi connectivity index (χ1v) is 11.1. The summed E-state index contributed by atoms with van der Waals surface area (Å²) in [6.45, 7) is 4.91. The molecule has 4 aliphatic rings. The van der Waals surface area contributed by atoms with Crippen molar-refractivity contribution in [3.63, 3.8) is 0 Å². The van der Waals surface area contributed by atoms with Crippen LogP contribution in [0.5, 0.6) is 5.75 Å². The van der Waals surface area contributed by atoms with Gasteiger partial charge >= 0.3 is 11.9 Å². The molecule has 1 saturated carbocycles. The Balaban J connectivity index is 1.82. The van der Waals surface area contributed by atoms with Crippen molar-refractivity contribution in [2.45, 2.75) is 55.9 Å². The zero-order valence-corrected chi connectivity index (χ0v) is 18.9. The highest BCUT2D eigenvalue weighted by Gasteiger charge is 2.79. The first-order chi connectivity index (χ1) is 15.3. The van der Waals surface area contributed by atoms with Crippen LogP contribution in [0.1, 0.15) is 32.3 Å². The fraction of sp³-hybridized carbons (Fsp3) is 0.583. The van der Waals surface area contributed by atoms with Crippen LogP contribution in [-0.2, 0) is 24.5 Å². The zero-order chi connectivity index (χ0) is 22.9. The van der Waals surface area contributed by atoms with E-state index in [0.717, 1.165) is 30.8 Å². The largest absolute Gasteiger partial charge is 0.497 e. The van der Waals surface area contributed by atoms with E-state index in [1.165, 1.54) is 14.0 Å². The van der Waals surface area contributed by atoms with E-state index in [9.17, 15) is 14.7 Å². The molecule has 1 saturated heterocycles. The van der Waals surface area contributed by atoms with E-state index < -0.39 is 40.5 Å². The highest BCUT2D eigenvalue weighted by Crippen LogP contribution is 2.66. The number of aliphatic hydroxyl groups is 1. The summed E-state index contributed by atoms with van der Waals surface area (Å²) in [5.74, 6) is -0.660. The molecular formula is C24H30N2O6. The quantitative estimate of drug-likeness (QED) is 0.536. The maximum absolute atomic E-state index is 13.3. The van der Waals surface area contributed by atoms with E-state index in [4.69, 9.17) is 14.2 Å². The average Bonchev–Trinajstić information content (AvgIpc) is 3.35. The molecule has 1 aromatic rings. The zero-order valence-electron chi connectivity index (χ0n) is 18.9. The maximum Gasteiger partial charge on any atom is 0.344 e. The number of nitrogens with one attached hydrogen (secondary N) is 1. The van der Waals surface area contributed by atoms with E-state index in [1.54, 1.807) is 7.11 Å². The van der Waals surface area contributed by atoms with E-state index >= 15 is 0 Å². The number of carbonyl (C=O) groups is 2. The van der Waals surface area contributed by atoms with Crippen molar-refractivity contribution in [1.29, 1.82) is 0 Å². The Hall–Kier alpha value is -2.58. The van der Waals surface area contributed by atoms with Crippen LogP contribution in [-0.4, -0.2) is 73.0 Å². The van der Waals surface area contributed by atoms with Crippen LogP contribution in [0.3, 0.4) is 0 Å². The molecule has 0 radical (unpaired) electrons. The van der Waals surface area contributed by atoms with Gasteiger partial charge in [0.25, 0.3) is 0 Å². The van der Waals surface area contributed by atoms with Crippen molar-refractivity contribution in [3.8, 4) is 5.75 Å². The number of ether oxygens (including phenoxy) is 3. The molecule has 0 bridgehead atoms. The summed E-state index contributed by atoms with van der Waals surface area (Å²) in [5, 5.41) is 15.7. The monoisotopic (exact) mass is 442 g/mol. The molecule has 8 nitrogen and oxygen atoms in total. The van der Waals surface area contributed by atoms with Gasteiger partial charge < -0.3 is 24.6 Å². The van der Waals surface area contributed by atoms with Crippen molar-refractivity contribution in [2.75, 3.05) is 32.6 Å².